The minimum Gasteiger partial charge on any atom is -0.549 e. The van der Waals surface area contributed by atoms with E-state index in [1.165, 1.54) is 6.07 Å². The first-order valence-electron chi connectivity index (χ1n) is 4.34. The molecule has 6 nitrogen and oxygen atoms in total. The van der Waals surface area contributed by atoms with Crippen LogP contribution in [0.3, 0.4) is 0 Å². The molecule has 0 atom stereocenters. The summed E-state index contributed by atoms with van der Waals surface area (Å²) in [4.78, 5) is 20.4. The number of hydrogen-bond acceptors (Lipinski definition) is 5. The number of halogens is 1. The Labute approximate surface area is 99.6 Å². The molecule has 1 aromatic rings. The molecule has 1 aromatic carbocycles. The third kappa shape index (κ3) is 3.28. The first-order valence-corrected chi connectivity index (χ1v) is 5.14. The fourth-order valence-corrected chi connectivity index (χ4v) is 1.68. The lowest BCUT2D eigenvalue weighted by molar-refractivity contribution is -0.385. The van der Waals surface area contributed by atoms with Gasteiger partial charge in [0.2, 0.25) is 0 Å². The summed E-state index contributed by atoms with van der Waals surface area (Å²) in [6, 6.07) is 4.56. The lowest BCUT2D eigenvalue weighted by atomic mass is 10.2. The number of hydrogen-bond donors (Lipinski definition) is 1. The van der Waals surface area contributed by atoms with E-state index in [1.807, 2.05) is 0 Å². The van der Waals surface area contributed by atoms with E-state index in [2.05, 4.69) is 21.2 Å². The van der Waals surface area contributed by atoms with E-state index in [1.54, 1.807) is 12.1 Å². The van der Waals surface area contributed by atoms with Gasteiger partial charge < -0.3 is 15.2 Å². The summed E-state index contributed by atoms with van der Waals surface area (Å²) in [5.74, 6) is -1.25. The predicted molar refractivity (Wildman–Crippen MR) is 57.5 cm³/mol. The van der Waals surface area contributed by atoms with Crippen LogP contribution >= 0.6 is 15.9 Å². The lowest BCUT2D eigenvalue weighted by Gasteiger charge is -2.07. The Morgan fingerprint density at radius 1 is 1.50 bits per heavy atom. The van der Waals surface area contributed by atoms with Gasteiger partial charge in [-0.25, -0.2) is 0 Å². The van der Waals surface area contributed by atoms with Crippen molar-refractivity contribution in [2.24, 2.45) is 0 Å². The normalized spacial score (nSPS) is 10.1. The van der Waals surface area contributed by atoms with Crippen LogP contribution < -0.4 is 10.4 Å². The van der Waals surface area contributed by atoms with Crippen molar-refractivity contribution in [3.63, 3.8) is 0 Å². The Hall–Kier alpha value is -1.47. The fourth-order valence-electron chi connectivity index (χ4n) is 1.18. The highest BCUT2D eigenvalue weighted by Gasteiger charge is 2.15. The number of carbonyl (C=O) groups excluding carboxylic acids is 1. The van der Waals surface area contributed by atoms with Crippen LogP contribution in [0.4, 0.5) is 5.69 Å². The summed E-state index contributed by atoms with van der Waals surface area (Å²) in [7, 11) is 0. The van der Waals surface area contributed by atoms with Crippen LogP contribution in [0, 0.1) is 10.1 Å². The van der Waals surface area contributed by atoms with Crippen molar-refractivity contribution in [2.45, 2.75) is 6.54 Å². The van der Waals surface area contributed by atoms with Crippen molar-refractivity contribution in [1.29, 1.82) is 0 Å². The highest BCUT2D eigenvalue weighted by Crippen LogP contribution is 2.26. The van der Waals surface area contributed by atoms with Gasteiger partial charge in [0.15, 0.2) is 0 Å². The summed E-state index contributed by atoms with van der Waals surface area (Å²) < 4.78 is 0.563. The third-order valence-corrected chi connectivity index (χ3v) is 2.60. The number of nitrogens with one attached hydrogen (secondary N) is 1. The van der Waals surface area contributed by atoms with Crippen LogP contribution in [0.15, 0.2) is 22.7 Å². The average molecular weight is 288 g/mol. The van der Waals surface area contributed by atoms with Crippen molar-refractivity contribution in [3.8, 4) is 0 Å². The molecule has 7 heteroatoms. The number of carboxylic acid groups (broad SMARTS) is 1. The molecule has 0 spiro atoms. The molecule has 0 amide bonds. The van der Waals surface area contributed by atoms with Gasteiger partial charge in [-0.2, -0.15) is 0 Å². The summed E-state index contributed by atoms with van der Waals surface area (Å²) in [5.41, 5.74) is 0.356. The molecule has 0 aliphatic rings. The second kappa shape index (κ2) is 5.57. The largest absolute Gasteiger partial charge is 0.549 e. The number of carboxylic acids is 1. The monoisotopic (exact) mass is 287 g/mol. The van der Waals surface area contributed by atoms with Gasteiger partial charge in [-0.3, -0.25) is 10.1 Å². The molecule has 0 bridgehead atoms. The zero-order valence-electron chi connectivity index (χ0n) is 8.10. The predicted octanol–water partition coefficient (Wildman–Crippen LogP) is 0.197. The number of nitrogens with zero attached hydrogens (tertiary/aromatic N) is 1. The molecule has 16 heavy (non-hydrogen) atoms. The maximum absolute atomic E-state index is 10.7. The number of nitro benzene ring substituents is 1. The molecule has 86 valence electrons. The first kappa shape index (κ1) is 12.6. The number of nitro groups is 1. The van der Waals surface area contributed by atoms with Crippen molar-refractivity contribution < 1.29 is 14.8 Å². The van der Waals surface area contributed by atoms with Gasteiger partial charge in [-0.1, -0.05) is 22.0 Å². The molecule has 0 heterocycles. The maximum atomic E-state index is 10.7. The first-order chi connectivity index (χ1) is 7.52. The van der Waals surface area contributed by atoms with Gasteiger partial charge in [0.05, 0.1) is 16.5 Å². The van der Waals surface area contributed by atoms with Crippen LogP contribution in [0.1, 0.15) is 5.56 Å². The minimum atomic E-state index is -1.25. The number of benzene rings is 1. The summed E-state index contributed by atoms with van der Waals surface area (Å²) in [6.07, 6.45) is 0. The van der Waals surface area contributed by atoms with E-state index in [9.17, 15) is 20.0 Å². The maximum Gasteiger partial charge on any atom is 0.275 e. The Morgan fingerprint density at radius 3 is 2.75 bits per heavy atom. The van der Waals surface area contributed by atoms with Gasteiger partial charge in [0.25, 0.3) is 5.69 Å². The Bertz CT molecular complexity index is 422. The van der Waals surface area contributed by atoms with Crippen molar-refractivity contribution >= 4 is 27.6 Å². The molecule has 0 aliphatic heterocycles. The Morgan fingerprint density at radius 2 is 2.19 bits per heavy atom. The molecule has 0 saturated heterocycles. The summed E-state index contributed by atoms with van der Waals surface area (Å²) in [6.45, 7) is -0.260. The smallest absolute Gasteiger partial charge is 0.275 e. The van der Waals surface area contributed by atoms with Crippen LogP contribution in [0.5, 0.6) is 0 Å². The highest BCUT2D eigenvalue weighted by molar-refractivity contribution is 9.10. The number of aliphatic carboxylic acids is 1. The fraction of sp³-hybridized carbons (Fsp3) is 0.222. The number of rotatable bonds is 5. The van der Waals surface area contributed by atoms with E-state index in [0.717, 1.165) is 0 Å². The lowest BCUT2D eigenvalue weighted by Crippen LogP contribution is -2.34. The zero-order valence-corrected chi connectivity index (χ0v) is 9.69. The quantitative estimate of drug-likeness (QED) is 0.616. The van der Waals surface area contributed by atoms with Gasteiger partial charge in [0.1, 0.15) is 0 Å². The van der Waals surface area contributed by atoms with Gasteiger partial charge >= 0.3 is 0 Å². The van der Waals surface area contributed by atoms with E-state index < -0.39 is 10.9 Å². The molecular weight excluding hydrogens is 280 g/mol. The molecule has 0 aliphatic carbocycles. The van der Waals surface area contributed by atoms with Crippen LogP contribution in [0.2, 0.25) is 0 Å². The molecule has 0 aromatic heterocycles. The minimum absolute atomic E-state index is 0.0553. The van der Waals surface area contributed by atoms with Crippen LogP contribution in [-0.4, -0.2) is 17.4 Å². The molecule has 0 radical (unpaired) electrons. The SMILES string of the molecule is O=C([O-])CNCc1c(Br)cccc1[N+](=O)[O-]. The van der Waals surface area contributed by atoms with Crippen molar-refractivity contribution in [2.75, 3.05) is 6.54 Å². The second-order valence-electron chi connectivity index (χ2n) is 2.97. The van der Waals surface area contributed by atoms with Crippen LogP contribution in [0.25, 0.3) is 0 Å². The van der Waals surface area contributed by atoms with E-state index >= 15 is 0 Å². The van der Waals surface area contributed by atoms with Gasteiger partial charge in [-0.05, 0) is 6.07 Å². The van der Waals surface area contributed by atoms with E-state index in [0.29, 0.717) is 10.0 Å². The summed E-state index contributed by atoms with van der Waals surface area (Å²) in [5, 5.41) is 23.4. The van der Waals surface area contributed by atoms with Crippen LogP contribution in [-0.2, 0) is 11.3 Å². The van der Waals surface area contributed by atoms with Crippen molar-refractivity contribution in [1.82, 2.24) is 5.32 Å². The third-order valence-electron chi connectivity index (χ3n) is 1.86. The van der Waals surface area contributed by atoms with Crippen molar-refractivity contribution in [3.05, 3.63) is 38.3 Å². The molecule has 0 fully saturated rings. The van der Waals surface area contributed by atoms with E-state index in [-0.39, 0.29) is 18.8 Å². The summed E-state index contributed by atoms with van der Waals surface area (Å²) >= 11 is 3.18. The second-order valence-corrected chi connectivity index (χ2v) is 3.82. The molecule has 0 unspecified atom stereocenters. The number of carbonyl (C=O) groups is 1. The molecule has 0 saturated carbocycles. The molecule has 1 rings (SSSR count). The molecular formula is C9H8BrN2O4-. The average Bonchev–Trinajstić information content (AvgIpc) is 2.19. The Kier molecular flexibility index (Phi) is 4.39. The van der Waals surface area contributed by atoms with Gasteiger partial charge in [0, 0.05) is 23.6 Å². The zero-order chi connectivity index (χ0) is 12.1. The highest BCUT2D eigenvalue weighted by atomic mass is 79.9. The Balaban J connectivity index is 2.84. The molecule has 1 N–H and O–H groups in total. The van der Waals surface area contributed by atoms with E-state index in [4.69, 9.17) is 0 Å². The topological polar surface area (TPSA) is 95.3 Å². The standard InChI is InChI=1S/C9H9BrN2O4/c10-7-2-1-3-8(12(15)16)6(7)4-11-5-9(13)14/h1-3,11H,4-5H2,(H,13,14)/p-1. The van der Waals surface area contributed by atoms with Gasteiger partial charge in [-0.15, -0.1) is 0 Å².